The molecule has 29 heteroatoms. The normalized spacial score (nSPS) is 10.9. The third-order valence-corrected chi connectivity index (χ3v) is 17.3. The molecule has 502 valence electrons. The molecular formula is C65H66Br2ClF3N4O15S4. The SMILES string of the molecule is C=CC(=O)OC.CC.COC(=O)/C=C/c1cccc(S(=O)(=O)Nc2cccc(C)c2)c1.Cc1cccc(NS(=O)(=O)c2cccc(/C=C/C(=O)O)c2)c1.Cc1cccc(NS(=O)(=O)c2cccc(Br)c2)c1.Nc1cccc(OC(F)(F)F)c1.O=S(=O)(Cl)c1cccc(Br)c1. The molecule has 0 radical (unpaired) electrons. The molecule has 0 aliphatic rings. The van der Waals surface area contributed by atoms with Crippen molar-refractivity contribution in [1.82, 2.24) is 0 Å². The van der Waals surface area contributed by atoms with E-state index >= 15 is 0 Å². The third kappa shape index (κ3) is 32.7. The fourth-order valence-electron chi connectivity index (χ4n) is 6.79. The fraction of sp³-hybridized carbons (Fsp3) is 0.123. The number of carboxylic acid groups (broad SMARTS) is 1. The molecule has 0 atom stereocenters. The molecule has 0 heterocycles. The van der Waals surface area contributed by atoms with Crippen molar-refractivity contribution in [3.8, 4) is 5.75 Å². The van der Waals surface area contributed by atoms with Gasteiger partial charge >= 0.3 is 24.3 Å². The number of nitrogen functional groups attached to an aromatic ring is 1. The molecule has 0 aromatic heterocycles. The van der Waals surface area contributed by atoms with E-state index in [1.165, 1.54) is 87.0 Å². The standard InChI is InChI=1S/C17H17NO4S.C16H15NO4S.C13H12BrNO2S.C7H6F3NO.C6H4BrClO2S.C4H6O2.C2H6/c1-13-5-3-7-15(11-13)18-23(20,21)16-8-4-6-14(12-16)9-10-17(19)22-2;1-12-4-2-6-14(10-12)17-22(20,21)15-7-3-5-13(11-15)8-9-16(18)19;1-10-4-2-6-12(8-10)15-18(16,17)13-7-3-5-11(14)9-13;8-7(9,10)12-6-3-1-2-5(11)4-6;7-5-2-1-3-6(4-5)11(8,9)10;1-3-4(5)6-2;1-2/h3-12,18H,1-2H3;2-11,17H,1H3,(H,18,19);2-9,15H,1H3;1-4H,11H2;1-4H;3H,1H2,2H3;1-2H3/b10-9+;9-8+;;;;;. The number of carbonyl (C=O) groups excluding carboxylic acids is 2. The summed E-state index contributed by atoms with van der Waals surface area (Å²) >= 11 is 6.39. The number of aryl methyl sites for hydroxylation is 3. The topological polar surface area (TPSA) is 298 Å². The van der Waals surface area contributed by atoms with Gasteiger partial charge in [-0.15, -0.1) is 13.2 Å². The molecule has 94 heavy (non-hydrogen) atoms. The van der Waals surface area contributed by atoms with E-state index in [-0.39, 0.29) is 31.0 Å². The van der Waals surface area contributed by atoms with Gasteiger partial charge in [-0.3, -0.25) is 14.2 Å². The van der Waals surface area contributed by atoms with Crippen LogP contribution in [0, 0.1) is 20.8 Å². The number of hydrogen-bond donors (Lipinski definition) is 5. The van der Waals surface area contributed by atoms with Gasteiger partial charge in [-0.1, -0.05) is 131 Å². The molecule has 0 aliphatic heterocycles. The number of benzene rings is 8. The summed E-state index contributed by atoms with van der Waals surface area (Å²) in [7, 11) is -6.87. The number of aliphatic carboxylic acids is 1. The summed E-state index contributed by atoms with van der Waals surface area (Å²) < 4.78 is 151. The summed E-state index contributed by atoms with van der Waals surface area (Å²) in [5, 5.41) is 8.61. The van der Waals surface area contributed by atoms with Crippen molar-refractivity contribution in [2.75, 3.05) is 34.1 Å². The number of halogens is 6. The van der Waals surface area contributed by atoms with Gasteiger partial charge in [0.2, 0.25) is 0 Å². The number of sulfonamides is 3. The van der Waals surface area contributed by atoms with E-state index in [9.17, 15) is 61.2 Å². The highest BCUT2D eigenvalue weighted by Crippen LogP contribution is 2.26. The summed E-state index contributed by atoms with van der Waals surface area (Å²) in [6.45, 7) is 12.8. The lowest BCUT2D eigenvalue weighted by Gasteiger charge is -2.09. The first kappa shape index (κ1) is 81.3. The molecule has 0 aliphatic carbocycles. The Hall–Kier alpha value is -8.77. The number of rotatable bonds is 16. The van der Waals surface area contributed by atoms with Gasteiger partial charge in [0, 0.05) is 66.7 Å². The zero-order valence-corrected chi connectivity index (χ0v) is 58.4. The van der Waals surface area contributed by atoms with Crippen molar-refractivity contribution in [3.05, 3.63) is 256 Å². The van der Waals surface area contributed by atoms with Gasteiger partial charge in [-0.25, -0.2) is 48.1 Å². The minimum atomic E-state index is -4.66. The van der Waals surface area contributed by atoms with Gasteiger partial charge in [-0.2, -0.15) is 0 Å². The number of ether oxygens (including phenoxy) is 3. The Bertz CT molecular complexity index is 4370. The maximum atomic E-state index is 12.4. The van der Waals surface area contributed by atoms with E-state index in [1.807, 2.05) is 58.9 Å². The number of carbonyl (C=O) groups is 3. The largest absolute Gasteiger partial charge is 0.573 e. The zero-order valence-electron chi connectivity index (χ0n) is 51.2. The lowest BCUT2D eigenvalue weighted by Crippen LogP contribution is -2.17. The van der Waals surface area contributed by atoms with Crippen molar-refractivity contribution < 1.29 is 80.5 Å². The van der Waals surface area contributed by atoms with Crippen LogP contribution in [0.4, 0.5) is 35.9 Å². The van der Waals surface area contributed by atoms with E-state index in [1.54, 1.807) is 109 Å². The number of esters is 2. The second-order valence-electron chi connectivity index (χ2n) is 18.3. The molecule has 0 unspecified atom stereocenters. The summed E-state index contributed by atoms with van der Waals surface area (Å²) in [5.41, 5.74) is 11.0. The molecule has 0 bridgehead atoms. The van der Waals surface area contributed by atoms with E-state index in [4.69, 9.17) is 21.5 Å². The van der Waals surface area contributed by atoms with Gasteiger partial charge in [0.25, 0.3) is 39.1 Å². The number of nitrogens with one attached hydrogen (secondary N) is 3. The number of hydrogen-bond acceptors (Lipinski definition) is 15. The van der Waals surface area contributed by atoms with Crippen molar-refractivity contribution in [3.63, 3.8) is 0 Å². The van der Waals surface area contributed by atoms with E-state index < -0.39 is 63.4 Å². The van der Waals surface area contributed by atoms with Gasteiger partial charge < -0.3 is 25.1 Å². The zero-order chi connectivity index (χ0) is 70.9. The van der Waals surface area contributed by atoms with E-state index in [0.717, 1.165) is 39.4 Å². The lowest BCUT2D eigenvalue weighted by molar-refractivity contribution is -0.274. The summed E-state index contributed by atoms with van der Waals surface area (Å²) in [5.74, 6) is -2.29. The molecule has 8 aromatic carbocycles. The molecule has 8 aromatic rings. The first-order valence-electron chi connectivity index (χ1n) is 27.0. The highest BCUT2D eigenvalue weighted by Gasteiger charge is 2.31. The Morgan fingerprint density at radius 1 is 0.511 bits per heavy atom. The molecule has 0 saturated carbocycles. The minimum absolute atomic E-state index is 0.0709. The van der Waals surface area contributed by atoms with Crippen LogP contribution in [-0.2, 0) is 63.0 Å². The van der Waals surface area contributed by atoms with Crippen LogP contribution in [0.1, 0.15) is 41.7 Å². The molecule has 0 saturated heterocycles. The number of nitrogens with two attached hydrogens (primary N) is 1. The molecule has 8 rings (SSSR count). The smallest absolute Gasteiger partial charge is 0.478 e. The van der Waals surface area contributed by atoms with Gasteiger partial charge in [-0.05, 0) is 170 Å². The van der Waals surface area contributed by atoms with E-state index in [0.29, 0.717) is 32.7 Å². The van der Waals surface area contributed by atoms with Crippen molar-refractivity contribution in [1.29, 1.82) is 0 Å². The number of methoxy groups -OCH3 is 2. The fourth-order valence-corrected chi connectivity index (χ4v) is 12.0. The highest BCUT2D eigenvalue weighted by atomic mass is 79.9. The quantitative estimate of drug-likeness (QED) is 0.0260. The molecule has 0 fully saturated rings. The molecule has 0 spiro atoms. The summed E-state index contributed by atoms with van der Waals surface area (Å²) in [6.07, 6.45) is 1.48. The monoisotopic (exact) mass is 1520 g/mol. The maximum Gasteiger partial charge on any atom is 0.573 e. The van der Waals surface area contributed by atoms with Crippen LogP contribution < -0.4 is 24.6 Å². The predicted molar refractivity (Wildman–Crippen MR) is 369 cm³/mol. The van der Waals surface area contributed by atoms with Crippen LogP contribution >= 0.6 is 42.5 Å². The van der Waals surface area contributed by atoms with Crippen LogP contribution in [0.25, 0.3) is 12.2 Å². The Morgan fingerprint density at radius 2 is 0.862 bits per heavy atom. The van der Waals surface area contributed by atoms with E-state index in [2.05, 4.69) is 66.8 Å². The number of carboxylic acids is 1. The Morgan fingerprint density at radius 3 is 1.18 bits per heavy atom. The molecule has 19 nitrogen and oxygen atoms in total. The third-order valence-electron chi connectivity index (χ3n) is 10.8. The second-order valence-corrected chi connectivity index (χ2v) is 27.7. The minimum Gasteiger partial charge on any atom is -0.478 e. The summed E-state index contributed by atoms with van der Waals surface area (Å²) in [4.78, 5) is 32.0. The van der Waals surface area contributed by atoms with Crippen molar-refractivity contribution in [2.24, 2.45) is 0 Å². The number of alkyl halides is 3. The average Bonchev–Trinajstić information content (AvgIpc) is 0.992. The van der Waals surface area contributed by atoms with Crippen LogP contribution in [0.3, 0.4) is 0 Å². The van der Waals surface area contributed by atoms with Crippen molar-refractivity contribution >= 4 is 134 Å². The predicted octanol–water partition coefficient (Wildman–Crippen LogP) is 15.3. The van der Waals surface area contributed by atoms with Crippen LogP contribution in [-0.4, -0.2) is 77.3 Å². The van der Waals surface area contributed by atoms with Gasteiger partial charge in [0.15, 0.2) is 0 Å². The van der Waals surface area contributed by atoms with Crippen LogP contribution in [0.15, 0.2) is 247 Å². The van der Waals surface area contributed by atoms with Crippen LogP contribution in [0.2, 0.25) is 0 Å². The molecular weight excluding hydrogens is 1460 g/mol. The first-order valence-corrected chi connectivity index (χ1v) is 35.3. The Kier molecular flexibility index (Phi) is 34.3. The number of anilines is 4. The maximum absolute atomic E-state index is 12.4. The lowest BCUT2D eigenvalue weighted by atomic mass is 10.2. The van der Waals surface area contributed by atoms with Crippen LogP contribution in [0.5, 0.6) is 5.75 Å². The van der Waals surface area contributed by atoms with Gasteiger partial charge in [0.1, 0.15) is 5.75 Å². The summed E-state index contributed by atoms with van der Waals surface area (Å²) in [6, 6.07) is 51.7. The molecule has 0 amide bonds. The first-order chi connectivity index (χ1) is 44.0. The Labute approximate surface area is 567 Å². The average molecular weight is 1520 g/mol. The van der Waals surface area contributed by atoms with Crippen molar-refractivity contribution in [2.45, 2.75) is 60.6 Å². The Balaban J connectivity index is 0.000000397. The van der Waals surface area contributed by atoms with Gasteiger partial charge in [0.05, 0.1) is 33.8 Å². The second kappa shape index (κ2) is 39.7. The highest BCUT2D eigenvalue weighted by molar-refractivity contribution is 9.10. The molecule has 6 N–H and O–H groups in total.